The highest BCUT2D eigenvalue weighted by molar-refractivity contribution is 5.84. The second kappa shape index (κ2) is 4.52. The number of rotatable bonds is 3. The van der Waals surface area contributed by atoms with Gasteiger partial charge in [-0.2, -0.15) is 0 Å². The second-order valence-electron chi connectivity index (χ2n) is 4.18. The van der Waals surface area contributed by atoms with Crippen LogP contribution in [0.5, 0.6) is 0 Å². The van der Waals surface area contributed by atoms with Gasteiger partial charge in [-0.3, -0.25) is 4.79 Å². The van der Waals surface area contributed by atoms with Gasteiger partial charge in [0, 0.05) is 0 Å². The summed E-state index contributed by atoms with van der Waals surface area (Å²) in [7, 11) is 0. The van der Waals surface area contributed by atoms with Gasteiger partial charge < -0.3 is 4.74 Å². The summed E-state index contributed by atoms with van der Waals surface area (Å²) >= 11 is 0. The molecule has 0 spiro atoms. The van der Waals surface area contributed by atoms with E-state index in [1.54, 1.807) is 6.08 Å². The van der Waals surface area contributed by atoms with E-state index in [1.165, 1.54) is 0 Å². The van der Waals surface area contributed by atoms with Crippen LogP contribution in [0.4, 0.5) is 0 Å². The predicted molar refractivity (Wildman–Crippen MR) is 63.1 cm³/mol. The van der Waals surface area contributed by atoms with Crippen molar-refractivity contribution >= 4 is 5.97 Å². The van der Waals surface area contributed by atoms with Gasteiger partial charge >= 0.3 is 5.97 Å². The molecular formula is C14H16O2. The minimum Gasteiger partial charge on any atom is -0.465 e. The van der Waals surface area contributed by atoms with Crippen LogP contribution < -0.4 is 0 Å². The molecular weight excluding hydrogens is 200 g/mol. The van der Waals surface area contributed by atoms with Crippen molar-refractivity contribution in [3.63, 3.8) is 0 Å². The molecule has 1 unspecified atom stereocenters. The van der Waals surface area contributed by atoms with Crippen molar-refractivity contribution in [2.75, 3.05) is 6.61 Å². The van der Waals surface area contributed by atoms with E-state index >= 15 is 0 Å². The third kappa shape index (κ3) is 1.75. The maximum absolute atomic E-state index is 12.0. The highest BCUT2D eigenvalue weighted by Crippen LogP contribution is 2.37. The monoisotopic (exact) mass is 216 g/mol. The van der Waals surface area contributed by atoms with Crippen LogP contribution in [0.1, 0.15) is 24.8 Å². The number of carbonyl (C=O) groups is 1. The first-order valence-electron chi connectivity index (χ1n) is 5.63. The molecule has 1 aliphatic heterocycles. The van der Waals surface area contributed by atoms with E-state index in [2.05, 4.69) is 6.58 Å². The van der Waals surface area contributed by atoms with Crippen molar-refractivity contribution in [1.29, 1.82) is 0 Å². The lowest BCUT2D eigenvalue weighted by molar-refractivity contribution is -0.155. The summed E-state index contributed by atoms with van der Waals surface area (Å²) in [4.78, 5) is 12.0. The van der Waals surface area contributed by atoms with E-state index < -0.39 is 5.41 Å². The molecule has 0 amide bonds. The molecule has 0 saturated carbocycles. The van der Waals surface area contributed by atoms with Gasteiger partial charge in [-0.15, -0.1) is 6.58 Å². The SMILES string of the molecule is C=CCC1(c2ccccc2)CCCOC1=O. The first kappa shape index (κ1) is 10.9. The molecule has 1 heterocycles. The molecule has 1 aliphatic rings. The number of hydrogen-bond acceptors (Lipinski definition) is 2. The van der Waals surface area contributed by atoms with Crippen molar-refractivity contribution < 1.29 is 9.53 Å². The molecule has 2 nitrogen and oxygen atoms in total. The lowest BCUT2D eigenvalue weighted by atomic mass is 9.73. The Bertz CT molecular complexity index is 383. The van der Waals surface area contributed by atoms with Crippen molar-refractivity contribution in [2.45, 2.75) is 24.7 Å². The number of cyclic esters (lactones) is 1. The standard InChI is InChI=1S/C14H16O2/c1-2-9-14(10-6-11-16-13(14)15)12-7-4-3-5-8-12/h2-5,7-8H,1,6,9-11H2. The predicted octanol–water partition coefficient (Wildman–Crippen LogP) is 2.84. The molecule has 1 saturated heterocycles. The average molecular weight is 216 g/mol. The summed E-state index contributed by atoms with van der Waals surface area (Å²) in [6.07, 6.45) is 4.23. The van der Waals surface area contributed by atoms with Crippen LogP contribution in [-0.4, -0.2) is 12.6 Å². The largest absolute Gasteiger partial charge is 0.465 e. The number of allylic oxidation sites excluding steroid dienone is 1. The van der Waals surface area contributed by atoms with Crippen LogP contribution >= 0.6 is 0 Å². The Morgan fingerprint density at radius 2 is 2.12 bits per heavy atom. The molecule has 16 heavy (non-hydrogen) atoms. The van der Waals surface area contributed by atoms with E-state index in [9.17, 15) is 4.79 Å². The van der Waals surface area contributed by atoms with Crippen LogP contribution in [0.15, 0.2) is 43.0 Å². The first-order chi connectivity index (χ1) is 7.79. The summed E-state index contributed by atoms with van der Waals surface area (Å²) in [6, 6.07) is 9.87. The Morgan fingerprint density at radius 3 is 2.75 bits per heavy atom. The zero-order chi connectivity index (χ0) is 11.4. The Balaban J connectivity index is 2.41. The molecule has 84 valence electrons. The average Bonchev–Trinajstić information content (AvgIpc) is 2.34. The summed E-state index contributed by atoms with van der Waals surface area (Å²) in [6.45, 7) is 4.30. The third-order valence-electron chi connectivity index (χ3n) is 3.19. The van der Waals surface area contributed by atoms with Crippen LogP contribution in [0.25, 0.3) is 0 Å². The minimum absolute atomic E-state index is 0.107. The molecule has 1 fully saturated rings. The molecule has 1 aromatic rings. The molecule has 1 aromatic carbocycles. The van der Waals surface area contributed by atoms with Crippen molar-refractivity contribution in [2.24, 2.45) is 0 Å². The van der Waals surface area contributed by atoms with Gasteiger partial charge in [-0.1, -0.05) is 36.4 Å². The number of carbonyl (C=O) groups excluding carboxylic acids is 1. The molecule has 0 aliphatic carbocycles. The Kier molecular flexibility index (Phi) is 3.09. The Labute approximate surface area is 95.9 Å². The molecule has 2 heteroatoms. The number of ether oxygens (including phenoxy) is 1. The zero-order valence-electron chi connectivity index (χ0n) is 9.32. The van der Waals surface area contributed by atoms with Crippen LogP contribution in [-0.2, 0) is 14.9 Å². The maximum Gasteiger partial charge on any atom is 0.316 e. The fourth-order valence-electron chi connectivity index (χ4n) is 2.35. The lowest BCUT2D eigenvalue weighted by Crippen LogP contribution is -2.41. The van der Waals surface area contributed by atoms with Gasteiger partial charge in [-0.25, -0.2) is 0 Å². The summed E-state index contributed by atoms with van der Waals surface area (Å²) in [5, 5.41) is 0. The Hall–Kier alpha value is -1.57. The lowest BCUT2D eigenvalue weighted by Gasteiger charge is -2.34. The van der Waals surface area contributed by atoms with E-state index in [0.29, 0.717) is 13.0 Å². The van der Waals surface area contributed by atoms with Crippen LogP contribution in [0.2, 0.25) is 0 Å². The van der Waals surface area contributed by atoms with E-state index in [0.717, 1.165) is 18.4 Å². The van der Waals surface area contributed by atoms with Crippen molar-refractivity contribution in [3.05, 3.63) is 48.6 Å². The normalized spacial score (nSPS) is 24.9. The third-order valence-corrected chi connectivity index (χ3v) is 3.19. The van der Waals surface area contributed by atoms with Gasteiger partial charge in [0.2, 0.25) is 0 Å². The molecule has 0 aromatic heterocycles. The smallest absolute Gasteiger partial charge is 0.316 e. The highest BCUT2D eigenvalue weighted by atomic mass is 16.5. The number of esters is 1. The number of hydrogen-bond donors (Lipinski definition) is 0. The summed E-state index contributed by atoms with van der Waals surface area (Å²) in [5.74, 6) is -0.107. The fraction of sp³-hybridized carbons (Fsp3) is 0.357. The zero-order valence-corrected chi connectivity index (χ0v) is 9.32. The maximum atomic E-state index is 12.0. The van der Waals surface area contributed by atoms with E-state index in [1.807, 2.05) is 30.3 Å². The molecule has 2 rings (SSSR count). The summed E-state index contributed by atoms with van der Waals surface area (Å²) in [5.41, 5.74) is 0.543. The molecule has 0 N–H and O–H groups in total. The molecule has 0 radical (unpaired) electrons. The van der Waals surface area contributed by atoms with Gasteiger partial charge in [0.25, 0.3) is 0 Å². The van der Waals surface area contributed by atoms with E-state index in [-0.39, 0.29) is 5.97 Å². The fourth-order valence-corrected chi connectivity index (χ4v) is 2.35. The quantitative estimate of drug-likeness (QED) is 0.573. The van der Waals surface area contributed by atoms with Gasteiger partial charge in [-0.05, 0) is 24.8 Å². The summed E-state index contributed by atoms with van der Waals surface area (Å²) < 4.78 is 5.21. The topological polar surface area (TPSA) is 26.3 Å². The molecule has 1 atom stereocenters. The van der Waals surface area contributed by atoms with Gasteiger partial charge in [0.15, 0.2) is 0 Å². The van der Waals surface area contributed by atoms with Gasteiger partial charge in [0.1, 0.15) is 0 Å². The van der Waals surface area contributed by atoms with Crippen molar-refractivity contribution in [1.82, 2.24) is 0 Å². The minimum atomic E-state index is -0.499. The van der Waals surface area contributed by atoms with Gasteiger partial charge in [0.05, 0.1) is 12.0 Å². The number of benzene rings is 1. The van der Waals surface area contributed by atoms with Crippen molar-refractivity contribution in [3.8, 4) is 0 Å². The first-order valence-corrected chi connectivity index (χ1v) is 5.63. The highest BCUT2D eigenvalue weighted by Gasteiger charge is 2.42. The van der Waals surface area contributed by atoms with Crippen LogP contribution in [0, 0.1) is 0 Å². The van der Waals surface area contributed by atoms with Crippen LogP contribution in [0.3, 0.4) is 0 Å². The van der Waals surface area contributed by atoms with E-state index in [4.69, 9.17) is 4.74 Å². The molecule has 0 bridgehead atoms. The second-order valence-corrected chi connectivity index (χ2v) is 4.18. The Morgan fingerprint density at radius 1 is 1.38 bits per heavy atom.